The molecular weight excluding hydrogens is 286 g/mol. The quantitative estimate of drug-likeness (QED) is 0.658. The first kappa shape index (κ1) is 18.0. The van der Waals surface area contributed by atoms with Gasteiger partial charge in [0.05, 0.1) is 5.75 Å². The van der Waals surface area contributed by atoms with Gasteiger partial charge in [-0.1, -0.05) is 58.7 Å². The van der Waals surface area contributed by atoms with Crippen molar-refractivity contribution in [2.24, 2.45) is 0 Å². The van der Waals surface area contributed by atoms with E-state index in [1.807, 2.05) is 0 Å². The lowest BCUT2D eigenvalue weighted by Gasteiger charge is -2.22. The van der Waals surface area contributed by atoms with E-state index < -0.39 is 5.97 Å². The Morgan fingerprint density at radius 2 is 1.95 bits per heavy atom. The Kier molecular flexibility index (Phi) is 7.78. The van der Waals surface area contributed by atoms with E-state index in [1.54, 1.807) is 0 Å². The maximum absolute atomic E-state index is 10.8. The third-order valence-corrected chi connectivity index (χ3v) is 4.34. The van der Waals surface area contributed by atoms with Gasteiger partial charge in [0.15, 0.2) is 5.16 Å². The number of aliphatic carboxylic acids is 1. The highest BCUT2D eigenvalue weighted by Crippen LogP contribution is 2.30. The molecule has 0 aliphatic rings. The molecule has 0 aliphatic carbocycles. The standard InChI is InChI=1S/C15H27N3O2S/c1-5-7-9-12(8-6-2)18-14(11(3)4)16-17-15(18)21-10-13(19)20/h11-12H,5-10H2,1-4H3,(H,19,20). The van der Waals surface area contributed by atoms with Gasteiger partial charge in [0.25, 0.3) is 0 Å². The highest BCUT2D eigenvalue weighted by Gasteiger charge is 2.22. The van der Waals surface area contributed by atoms with Gasteiger partial charge in [-0.3, -0.25) is 4.79 Å². The third-order valence-electron chi connectivity index (χ3n) is 3.41. The monoisotopic (exact) mass is 313 g/mol. The number of carbonyl (C=O) groups is 1. The summed E-state index contributed by atoms with van der Waals surface area (Å²) in [7, 11) is 0. The number of aromatic nitrogens is 3. The Hall–Kier alpha value is -1.04. The van der Waals surface area contributed by atoms with E-state index >= 15 is 0 Å². The van der Waals surface area contributed by atoms with Gasteiger partial charge in [0, 0.05) is 12.0 Å². The molecule has 0 saturated carbocycles. The van der Waals surface area contributed by atoms with Crippen molar-refractivity contribution in [3.8, 4) is 0 Å². The summed E-state index contributed by atoms with van der Waals surface area (Å²) in [5.41, 5.74) is 0. The van der Waals surface area contributed by atoms with Crippen LogP contribution in [0.15, 0.2) is 5.16 Å². The zero-order valence-electron chi connectivity index (χ0n) is 13.5. The Balaban J connectivity index is 3.06. The van der Waals surface area contributed by atoms with Gasteiger partial charge in [-0.2, -0.15) is 0 Å². The summed E-state index contributed by atoms with van der Waals surface area (Å²) in [6.07, 6.45) is 5.62. The van der Waals surface area contributed by atoms with E-state index in [1.165, 1.54) is 18.2 Å². The molecule has 21 heavy (non-hydrogen) atoms. The van der Waals surface area contributed by atoms with Gasteiger partial charge in [0.2, 0.25) is 0 Å². The second kappa shape index (κ2) is 9.07. The number of unbranched alkanes of at least 4 members (excludes halogenated alkanes) is 1. The van der Waals surface area contributed by atoms with Gasteiger partial charge < -0.3 is 9.67 Å². The topological polar surface area (TPSA) is 68.0 Å². The van der Waals surface area contributed by atoms with E-state index in [0.717, 1.165) is 36.7 Å². The van der Waals surface area contributed by atoms with Crippen LogP contribution in [0.3, 0.4) is 0 Å². The predicted octanol–water partition coefficient (Wildman–Crippen LogP) is 4.11. The van der Waals surface area contributed by atoms with Crippen molar-refractivity contribution in [3.05, 3.63) is 5.82 Å². The van der Waals surface area contributed by atoms with Crippen molar-refractivity contribution in [2.75, 3.05) is 5.75 Å². The molecule has 0 spiro atoms. The minimum atomic E-state index is -0.818. The molecule has 0 fully saturated rings. The lowest BCUT2D eigenvalue weighted by Crippen LogP contribution is -2.15. The largest absolute Gasteiger partial charge is 0.481 e. The SMILES string of the molecule is CCCCC(CCC)n1c(SCC(=O)O)nnc1C(C)C. The summed E-state index contributed by atoms with van der Waals surface area (Å²) < 4.78 is 2.19. The normalized spacial score (nSPS) is 12.8. The zero-order chi connectivity index (χ0) is 15.8. The fraction of sp³-hybridized carbons (Fsp3) is 0.800. The van der Waals surface area contributed by atoms with Crippen molar-refractivity contribution >= 4 is 17.7 Å². The average molecular weight is 313 g/mol. The number of hydrogen-bond donors (Lipinski definition) is 1. The first-order valence-electron chi connectivity index (χ1n) is 7.80. The summed E-state index contributed by atoms with van der Waals surface area (Å²) in [4.78, 5) is 10.8. The van der Waals surface area contributed by atoms with Crippen LogP contribution in [0.2, 0.25) is 0 Å². The number of thioether (sulfide) groups is 1. The molecule has 5 nitrogen and oxygen atoms in total. The lowest BCUT2D eigenvalue weighted by atomic mass is 10.0. The highest BCUT2D eigenvalue weighted by atomic mass is 32.2. The smallest absolute Gasteiger partial charge is 0.313 e. The van der Waals surface area contributed by atoms with Crippen molar-refractivity contribution in [2.45, 2.75) is 76.9 Å². The number of carboxylic acid groups (broad SMARTS) is 1. The second-order valence-electron chi connectivity index (χ2n) is 5.63. The molecular formula is C15H27N3O2S. The molecule has 1 atom stereocenters. The van der Waals surface area contributed by atoms with Crippen molar-refractivity contribution in [3.63, 3.8) is 0 Å². The average Bonchev–Trinajstić information content (AvgIpc) is 2.85. The molecule has 0 aliphatic heterocycles. The van der Waals surface area contributed by atoms with Crippen LogP contribution >= 0.6 is 11.8 Å². The molecule has 0 saturated heterocycles. The van der Waals surface area contributed by atoms with Crippen LogP contribution in [0.25, 0.3) is 0 Å². The van der Waals surface area contributed by atoms with E-state index in [-0.39, 0.29) is 11.7 Å². The van der Waals surface area contributed by atoms with E-state index in [9.17, 15) is 4.79 Å². The zero-order valence-corrected chi connectivity index (χ0v) is 14.3. The number of carboxylic acids is 1. The maximum atomic E-state index is 10.8. The van der Waals surface area contributed by atoms with Gasteiger partial charge in [-0.25, -0.2) is 0 Å². The van der Waals surface area contributed by atoms with Crippen LogP contribution in [-0.2, 0) is 4.79 Å². The molecule has 6 heteroatoms. The molecule has 1 rings (SSSR count). The van der Waals surface area contributed by atoms with Crippen molar-refractivity contribution in [1.29, 1.82) is 0 Å². The van der Waals surface area contributed by atoms with E-state index in [0.29, 0.717) is 6.04 Å². The first-order valence-corrected chi connectivity index (χ1v) is 8.79. The molecule has 0 amide bonds. The first-order chi connectivity index (χ1) is 10.0. The molecule has 1 aromatic heterocycles. The molecule has 0 radical (unpaired) electrons. The molecule has 1 N–H and O–H groups in total. The summed E-state index contributed by atoms with van der Waals surface area (Å²) in [5.74, 6) is 0.472. The molecule has 0 aromatic carbocycles. The van der Waals surface area contributed by atoms with E-state index in [2.05, 4.69) is 42.5 Å². The highest BCUT2D eigenvalue weighted by molar-refractivity contribution is 7.99. The summed E-state index contributed by atoms with van der Waals surface area (Å²) in [6.45, 7) is 8.59. The van der Waals surface area contributed by atoms with Crippen LogP contribution in [0, 0.1) is 0 Å². The molecule has 1 unspecified atom stereocenters. The minimum absolute atomic E-state index is 0.0306. The molecule has 1 aromatic rings. The number of hydrogen-bond acceptors (Lipinski definition) is 4. The molecule has 0 bridgehead atoms. The van der Waals surface area contributed by atoms with Gasteiger partial charge in [-0.05, 0) is 12.8 Å². The van der Waals surface area contributed by atoms with Crippen LogP contribution in [0.5, 0.6) is 0 Å². The fourth-order valence-corrected chi connectivity index (χ4v) is 3.16. The fourth-order valence-electron chi connectivity index (χ4n) is 2.43. The molecule has 1 heterocycles. The maximum Gasteiger partial charge on any atom is 0.313 e. The van der Waals surface area contributed by atoms with Crippen LogP contribution in [0.4, 0.5) is 0 Å². The Labute approximate surface area is 131 Å². The Morgan fingerprint density at radius 1 is 1.24 bits per heavy atom. The molecule has 120 valence electrons. The summed E-state index contributed by atoms with van der Waals surface area (Å²) in [5, 5.41) is 18.2. The Morgan fingerprint density at radius 3 is 2.48 bits per heavy atom. The third kappa shape index (κ3) is 5.34. The number of rotatable bonds is 10. The van der Waals surface area contributed by atoms with Gasteiger partial charge in [-0.15, -0.1) is 10.2 Å². The second-order valence-corrected chi connectivity index (χ2v) is 6.58. The van der Waals surface area contributed by atoms with Gasteiger partial charge >= 0.3 is 5.97 Å². The number of nitrogens with zero attached hydrogens (tertiary/aromatic N) is 3. The predicted molar refractivity (Wildman–Crippen MR) is 85.9 cm³/mol. The van der Waals surface area contributed by atoms with Crippen LogP contribution in [-0.4, -0.2) is 31.6 Å². The summed E-state index contributed by atoms with van der Waals surface area (Å²) in [6, 6.07) is 0.374. The minimum Gasteiger partial charge on any atom is -0.481 e. The van der Waals surface area contributed by atoms with Crippen molar-refractivity contribution < 1.29 is 9.90 Å². The van der Waals surface area contributed by atoms with Crippen molar-refractivity contribution in [1.82, 2.24) is 14.8 Å². The van der Waals surface area contributed by atoms with E-state index in [4.69, 9.17) is 5.11 Å². The lowest BCUT2D eigenvalue weighted by molar-refractivity contribution is -0.133. The summed E-state index contributed by atoms with van der Waals surface area (Å²) >= 11 is 1.27. The van der Waals surface area contributed by atoms with Crippen LogP contribution in [0.1, 0.15) is 77.6 Å². The van der Waals surface area contributed by atoms with Crippen LogP contribution < -0.4 is 0 Å². The van der Waals surface area contributed by atoms with Gasteiger partial charge in [0.1, 0.15) is 5.82 Å². The Bertz CT molecular complexity index is 446.